The van der Waals surface area contributed by atoms with Crippen LogP contribution in [-0.4, -0.2) is 16.4 Å². The van der Waals surface area contributed by atoms with Gasteiger partial charge in [-0.2, -0.15) is 0 Å². The van der Waals surface area contributed by atoms with Gasteiger partial charge >= 0.3 is 0 Å². The Labute approximate surface area is 111 Å². The third-order valence-electron chi connectivity index (χ3n) is 0. The normalized spacial score (nSPS) is 0. The quantitative estimate of drug-likeness (QED) is 0.358. The molecule has 0 bridgehead atoms. The summed E-state index contributed by atoms with van der Waals surface area (Å²) in [6, 6.07) is 0. The minimum absolute atomic E-state index is 0. The van der Waals surface area contributed by atoms with Gasteiger partial charge in [-0.3, -0.25) is 0 Å². The van der Waals surface area contributed by atoms with Crippen LogP contribution in [0.2, 0.25) is 0 Å². The summed E-state index contributed by atoms with van der Waals surface area (Å²) in [6.45, 7) is 0. The molecule has 6 N–H and O–H groups in total. The van der Waals surface area contributed by atoms with Crippen LogP contribution in [-0.2, 0) is 96.0 Å². The number of hydrogen-bond acceptors (Lipinski definition) is 0. The molecular weight excluding hydrogens is 454 g/mol. The third kappa shape index (κ3) is 65.6. The maximum Gasteiger partial charge on any atom is 0 e. The fourth-order valence-electron chi connectivity index (χ4n) is 0. The Hall–Kier alpha value is 2.92. The summed E-state index contributed by atoms with van der Waals surface area (Å²) in [5.74, 6) is 0. The Kier molecular flexibility index (Phi) is 1460. The predicted molar refractivity (Wildman–Crippen MR) is 10.8 cm³/mol. The van der Waals surface area contributed by atoms with E-state index in [-0.39, 0.29) is 112 Å². The Balaban J connectivity index is 0. The second kappa shape index (κ2) is 92.6. The van der Waals surface area contributed by atoms with Gasteiger partial charge in [0.2, 0.25) is 0 Å². The summed E-state index contributed by atoms with van der Waals surface area (Å²) in [4.78, 5) is 0. The van der Waals surface area contributed by atoms with E-state index in [0.29, 0.717) is 0 Å². The fraction of sp³-hybridized carbons (Fsp3) is 0. The summed E-state index contributed by atoms with van der Waals surface area (Å²) in [6.07, 6.45) is 0. The maximum atomic E-state index is 0. The molecule has 0 aliphatic heterocycles. The van der Waals surface area contributed by atoms with Gasteiger partial charge in [0, 0.05) is 96.0 Å². The van der Waals surface area contributed by atoms with Crippen LogP contribution in [0, 0.1) is 0 Å². The molecule has 0 aromatic rings. The Morgan fingerprint density at radius 2 is 0.375 bits per heavy atom. The van der Waals surface area contributed by atoms with Crippen LogP contribution in [0.5, 0.6) is 0 Å². The number of hydrogen-bond donors (Lipinski definition) is 0. The third-order valence-corrected chi connectivity index (χ3v) is 0. The van der Waals surface area contributed by atoms with Gasteiger partial charge in [0.15, 0.2) is 0 Å². The minimum atomic E-state index is 0. The van der Waals surface area contributed by atoms with Gasteiger partial charge in [-0.15, -0.1) is 0 Å². The maximum absolute atomic E-state index is 0. The van der Waals surface area contributed by atoms with Gasteiger partial charge in [0.25, 0.3) is 0 Å². The molecule has 5 radical (unpaired) electrons. The van der Waals surface area contributed by atoms with E-state index in [1.807, 2.05) is 0 Å². The van der Waals surface area contributed by atoms with Crippen LogP contribution in [0.1, 0.15) is 0 Å². The van der Waals surface area contributed by atoms with E-state index in [1.165, 1.54) is 0 Å². The molecular formula is H6Ag2Cu3O3. The van der Waals surface area contributed by atoms with E-state index >= 15 is 0 Å². The molecule has 0 aliphatic carbocycles. The van der Waals surface area contributed by atoms with Gasteiger partial charge in [-0.05, 0) is 0 Å². The van der Waals surface area contributed by atoms with Crippen molar-refractivity contribution < 1.29 is 112 Å². The second-order valence-corrected chi connectivity index (χ2v) is 0. The minimum Gasteiger partial charge on any atom is -0.412 e. The summed E-state index contributed by atoms with van der Waals surface area (Å²) >= 11 is 0. The fourth-order valence-corrected chi connectivity index (χ4v) is 0. The van der Waals surface area contributed by atoms with Crippen molar-refractivity contribution in [2.75, 3.05) is 0 Å². The van der Waals surface area contributed by atoms with E-state index < -0.39 is 0 Å². The first-order valence-electron chi connectivity index (χ1n) is 0. The largest absolute Gasteiger partial charge is 0.412 e. The topological polar surface area (TPSA) is 94.5 Å². The van der Waals surface area contributed by atoms with Crippen molar-refractivity contribution in [2.24, 2.45) is 0 Å². The summed E-state index contributed by atoms with van der Waals surface area (Å²) in [7, 11) is 0. The molecule has 0 rings (SSSR count). The molecule has 79 valence electrons. The number of rotatable bonds is 0. The van der Waals surface area contributed by atoms with Crippen LogP contribution in [0.3, 0.4) is 0 Å². The van der Waals surface area contributed by atoms with Gasteiger partial charge in [-0.25, -0.2) is 0 Å². The first-order chi connectivity index (χ1) is 0. The van der Waals surface area contributed by atoms with Crippen molar-refractivity contribution in [3.05, 3.63) is 0 Å². The van der Waals surface area contributed by atoms with E-state index in [4.69, 9.17) is 0 Å². The zero-order valence-electron chi connectivity index (χ0n) is 3.01. The molecule has 3 nitrogen and oxygen atoms in total. The zero-order chi connectivity index (χ0) is 0. The molecule has 0 aliphatic rings. The molecule has 0 spiro atoms. The van der Waals surface area contributed by atoms with Crippen molar-refractivity contribution in [1.29, 1.82) is 0 Å². The Bertz CT molecular complexity index is 12.5. The molecule has 0 aromatic carbocycles. The van der Waals surface area contributed by atoms with Crippen molar-refractivity contribution in [3.8, 4) is 0 Å². The molecule has 0 saturated heterocycles. The SMILES string of the molecule is O.O.O.[Ag].[Ag].[Cu].[Cu].[Cu]. The van der Waals surface area contributed by atoms with Crippen LogP contribution in [0.25, 0.3) is 0 Å². The molecule has 0 saturated carbocycles. The Morgan fingerprint density at radius 3 is 0.375 bits per heavy atom. The van der Waals surface area contributed by atoms with Gasteiger partial charge in [0.1, 0.15) is 0 Å². The molecule has 0 atom stereocenters. The zero-order valence-corrected chi connectivity index (χ0v) is 8.80. The first-order valence-corrected chi connectivity index (χ1v) is 0. The summed E-state index contributed by atoms with van der Waals surface area (Å²) < 4.78 is 0. The van der Waals surface area contributed by atoms with Crippen LogP contribution < -0.4 is 0 Å². The summed E-state index contributed by atoms with van der Waals surface area (Å²) in [5.41, 5.74) is 0. The molecule has 0 fully saturated rings. The molecule has 0 unspecified atom stereocenters. The molecule has 0 amide bonds. The monoisotopic (exact) mass is 457 g/mol. The Morgan fingerprint density at radius 1 is 0.375 bits per heavy atom. The van der Waals surface area contributed by atoms with Crippen molar-refractivity contribution in [1.82, 2.24) is 0 Å². The van der Waals surface area contributed by atoms with Crippen molar-refractivity contribution >= 4 is 0 Å². The second-order valence-electron chi connectivity index (χ2n) is 0. The van der Waals surface area contributed by atoms with Gasteiger partial charge in [-0.1, -0.05) is 0 Å². The predicted octanol–water partition coefficient (Wildman–Crippen LogP) is -2.49. The molecule has 8 heavy (non-hydrogen) atoms. The summed E-state index contributed by atoms with van der Waals surface area (Å²) in [5, 5.41) is 0. The van der Waals surface area contributed by atoms with Crippen LogP contribution in [0.15, 0.2) is 0 Å². The van der Waals surface area contributed by atoms with E-state index in [9.17, 15) is 0 Å². The van der Waals surface area contributed by atoms with Crippen LogP contribution >= 0.6 is 0 Å². The van der Waals surface area contributed by atoms with Crippen LogP contribution in [0.4, 0.5) is 0 Å². The average molecular weight is 460 g/mol. The van der Waals surface area contributed by atoms with Gasteiger partial charge < -0.3 is 16.4 Å². The standard InChI is InChI=1S/2Ag.3Cu.3H2O/h;;;;;3*1H2. The smallest absolute Gasteiger partial charge is 0 e. The van der Waals surface area contributed by atoms with E-state index in [2.05, 4.69) is 0 Å². The van der Waals surface area contributed by atoms with E-state index in [1.54, 1.807) is 0 Å². The molecule has 0 aromatic heterocycles. The average Bonchev–Trinajstić information content (AvgIpc) is 0. The first kappa shape index (κ1) is 126. The van der Waals surface area contributed by atoms with Gasteiger partial charge in [0.05, 0.1) is 0 Å². The van der Waals surface area contributed by atoms with Crippen molar-refractivity contribution in [2.45, 2.75) is 0 Å². The molecule has 0 heterocycles. The van der Waals surface area contributed by atoms with E-state index in [0.717, 1.165) is 0 Å². The molecule has 8 heteroatoms. The van der Waals surface area contributed by atoms with Crippen molar-refractivity contribution in [3.63, 3.8) is 0 Å².